The number of unbranched alkanes of at least 4 members (excludes halogenated alkanes) is 1. The van der Waals surface area contributed by atoms with Gasteiger partial charge in [0.25, 0.3) is 0 Å². The molecule has 0 bridgehead atoms. The first-order chi connectivity index (χ1) is 18.3. The predicted octanol–water partition coefficient (Wildman–Crippen LogP) is 13.5. The van der Waals surface area contributed by atoms with Crippen LogP contribution in [-0.2, 0) is 0 Å². The molecule has 0 radical (unpaired) electrons. The second kappa shape index (κ2) is 33.5. The normalized spacial score (nSPS) is 15.5. The van der Waals surface area contributed by atoms with Crippen molar-refractivity contribution in [1.82, 2.24) is 0 Å². The van der Waals surface area contributed by atoms with Gasteiger partial charge >= 0.3 is 0 Å². The molecule has 0 N–H and O–H groups in total. The first kappa shape index (κ1) is 40.9. The molecule has 0 rings (SSSR count). The summed E-state index contributed by atoms with van der Waals surface area (Å²) in [6.45, 7) is 27.8. The van der Waals surface area contributed by atoms with Gasteiger partial charge in [0.1, 0.15) is 0 Å². The van der Waals surface area contributed by atoms with Gasteiger partial charge in [-0.1, -0.05) is 175 Å². The summed E-state index contributed by atoms with van der Waals surface area (Å²) < 4.78 is 0. The highest BCUT2D eigenvalue weighted by atomic mass is 14.2. The summed E-state index contributed by atoms with van der Waals surface area (Å²) in [6, 6.07) is 0. The first-order valence-electron chi connectivity index (χ1n) is 16.2. The molecule has 222 valence electrons. The molecule has 5 atom stereocenters. The monoisotopic (exact) mass is 527 g/mol. The molecule has 5 unspecified atom stereocenters. The molecule has 0 fully saturated rings. The third-order valence-electron chi connectivity index (χ3n) is 7.33. The third kappa shape index (κ3) is 32.5. The molecule has 0 aromatic heterocycles. The Morgan fingerprint density at radius 2 is 1.16 bits per heavy atom. The lowest BCUT2D eigenvalue weighted by Crippen LogP contribution is -2.09. The molecule has 0 heteroatoms. The van der Waals surface area contributed by atoms with Crippen LogP contribution in [-0.4, -0.2) is 0 Å². The Morgan fingerprint density at radius 3 is 1.76 bits per heavy atom. The van der Waals surface area contributed by atoms with E-state index in [0.717, 1.165) is 30.1 Å². The van der Waals surface area contributed by atoms with Crippen molar-refractivity contribution in [2.45, 2.75) is 139 Å². The van der Waals surface area contributed by atoms with E-state index in [2.05, 4.69) is 98.1 Å². The molecule has 0 aliphatic heterocycles. The summed E-state index contributed by atoms with van der Waals surface area (Å²) in [4.78, 5) is 0. The molecule has 0 heterocycles. The highest BCUT2D eigenvalue weighted by Crippen LogP contribution is 2.26. The minimum Gasteiger partial charge on any atom is -0.0991 e. The maximum absolute atomic E-state index is 3.74. The molecule has 0 aromatic carbocycles. The van der Waals surface area contributed by atoms with Crippen molar-refractivity contribution < 1.29 is 0 Å². The van der Waals surface area contributed by atoms with Crippen LogP contribution in [0.15, 0.2) is 73.9 Å². The van der Waals surface area contributed by atoms with Crippen molar-refractivity contribution in [3.8, 4) is 0 Å². The molecule has 0 nitrogen and oxygen atoms in total. The Hall–Kier alpha value is -1.56. The van der Waals surface area contributed by atoms with Crippen LogP contribution in [0.2, 0.25) is 0 Å². The molecule has 0 saturated carbocycles. The Labute approximate surface area is 242 Å². The van der Waals surface area contributed by atoms with Gasteiger partial charge in [0, 0.05) is 0 Å². The van der Waals surface area contributed by atoms with Crippen molar-refractivity contribution in [3.63, 3.8) is 0 Å². The fourth-order valence-electron chi connectivity index (χ4n) is 4.06. The van der Waals surface area contributed by atoms with E-state index < -0.39 is 0 Å². The van der Waals surface area contributed by atoms with E-state index in [4.69, 9.17) is 0 Å². The van der Waals surface area contributed by atoms with Crippen molar-refractivity contribution >= 4 is 0 Å². The third-order valence-corrected chi connectivity index (χ3v) is 7.33. The van der Waals surface area contributed by atoms with Gasteiger partial charge in [0.2, 0.25) is 0 Å². The van der Waals surface area contributed by atoms with Crippen molar-refractivity contribution in [1.29, 1.82) is 0 Å². The largest absolute Gasteiger partial charge is 0.0991 e. The number of allylic oxidation sites excluding steroid dienone is 10. The summed E-state index contributed by atoms with van der Waals surface area (Å²) in [6.07, 6.45) is 36.9. The van der Waals surface area contributed by atoms with E-state index in [9.17, 15) is 0 Å². The van der Waals surface area contributed by atoms with Gasteiger partial charge < -0.3 is 0 Å². The lowest BCUT2D eigenvalue weighted by atomic mass is 9.85. The molecule has 0 saturated heterocycles. The molecule has 0 aromatic rings. The van der Waals surface area contributed by atoms with E-state index in [1.807, 2.05) is 38.2 Å². The average molecular weight is 527 g/mol. The summed E-state index contributed by atoms with van der Waals surface area (Å²) in [5.41, 5.74) is 0. The maximum atomic E-state index is 3.74. The molecule has 38 heavy (non-hydrogen) atoms. The predicted molar refractivity (Wildman–Crippen MR) is 181 cm³/mol. The number of rotatable bonds is 21. The van der Waals surface area contributed by atoms with Crippen molar-refractivity contribution in [2.75, 3.05) is 0 Å². The van der Waals surface area contributed by atoms with Crippen LogP contribution >= 0.6 is 0 Å². The highest BCUT2D eigenvalue weighted by Gasteiger charge is 2.13. The van der Waals surface area contributed by atoms with E-state index >= 15 is 0 Å². The topological polar surface area (TPSA) is 0 Å². The van der Waals surface area contributed by atoms with Crippen LogP contribution in [0.5, 0.6) is 0 Å². The quantitative estimate of drug-likeness (QED) is 0.103. The maximum Gasteiger partial charge on any atom is -0.0262 e. The van der Waals surface area contributed by atoms with Crippen LogP contribution in [0, 0.1) is 29.6 Å². The molecule has 0 amide bonds. The van der Waals surface area contributed by atoms with Gasteiger partial charge in [-0.15, -0.1) is 0 Å². The second-order valence-corrected chi connectivity index (χ2v) is 11.2. The fraction of sp³-hybridized carbons (Fsp3) is 0.684. The van der Waals surface area contributed by atoms with Gasteiger partial charge in [-0.2, -0.15) is 0 Å². The molecular formula is C38H70. The fourth-order valence-corrected chi connectivity index (χ4v) is 4.06. The van der Waals surface area contributed by atoms with Gasteiger partial charge in [0.15, 0.2) is 0 Å². The van der Waals surface area contributed by atoms with E-state index in [0.29, 0.717) is 5.92 Å². The van der Waals surface area contributed by atoms with Crippen LogP contribution < -0.4 is 0 Å². The van der Waals surface area contributed by atoms with E-state index in [1.54, 1.807) is 0 Å². The van der Waals surface area contributed by atoms with Crippen LogP contribution in [0.1, 0.15) is 139 Å². The lowest BCUT2D eigenvalue weighted by Gasteiger charge is -2.21. The van der Waals surface area contributed by atoms with Gasteiger partial charge in [-0.05, 0) is 68.1 Å². The zero-order valence-electron chi connectivity index (χ0n) is 27.6. The van der Waals surface area contributed by atoms with Gasteiger partial charge in [0.05, 0.1) is 0 Å². The van der Waals surface area contributed by atoms with Gasteiger partial charge in [-0.3, -0.25) is 0 Å². The van der Waals surface area contributed by atoms with Crippen molar-refractivity contribution in [3.05, 3.63) is 73.9 Å². The van der Waals surface area contributed by atoms with Crippen LogP contribution in [0.4, 0.5) is 0 Å². The summed E-state index contributed by atoms with van der Waals surface area (Å²) >= 11 is 0. The Kier molecular flexibility index (Phi) is 36.0. The summed E-state index contributed by atoms with van der Waals surface area (Å²) in [7, 11) is 0. The average Bonchev–Trinajstić information content (AvgIpc) is 2.93. The standard InChI is InChI=1S/C32H54.C4H10.C2H6/c1-8-10-12-14-15-20-28(3)21-17-18-22-29(4)23-19-24-30(5)26-27-32(7)31(6)25-16-13-11-9-2;1-3-4-2;1-2/h8-15,18,22,28-32H,1-2,16-17,19-21,23-27H2,3-7H3;3-4H2,1-2H3;1-2H3/b12-10-,13-11-,15-14+,22-18-;;. The van der Waals surface area contributed by atoms with E-state index in [1.165, 1.54) is 70.6 Å². The Morgan fingerprint density at radius 1 is 0.553 bits per heavy atom. The Balaban J connectivity index is -0.00000185. The lowest BCUT2D eigenvalue weighted by molar-refractivity contribution is 0.309. The Bertz CT molecular complexity index is 585. The van der Waals surface area contributed by atoms with Crippen molar-refractivity contribution in [2.24, 2.45) is 29.6 Å². The van der Waals surface area contributed by atoms with E-state index in [-0.39, 0.29) is 0 Å². The van der Waals surface area contributed by atoms with Gasteiger partial charge in [-0.25, -0.2) is 0 Å². The molecule has 0 aliphatic carbocycles. The SMILES string of the molecule is C=C/C=C\C=C\CC(C)CC/C=C\C(C)CCCC(C)CCC(C)C(C)CC/C=C\C=C.CC.CCCC. The van der Waals surface area contributed by atoms with Crippen LogP contribution in [0.25, 0.3) is 0 Å². The first-order valence-corrected chi connectivity index (χ1v) is 16.2. The summed E-state index contributed by atoms with van der Waals surface area (Å²) in [5, 5.41) is 0. The second-order valence-electron chi connectivity index (χ2n) is 11.2. The summed E-state index contributed by atoms with van der Waals surface area (Å²) in [5.74, 6) is 3.96. The molecule has 0 aliphatic rings. The number of hydrogen-bond acceptors (Lipinski definition) is 0. The minimum atomic E-state index is 0.712. The minimum absolute atomic E-state index is 0.712. The molecular weight excluding hydrogens is 456 g/mol. The molecule has 0 spiro atoms. The highest BCUT2D eigenvalue weighted by molar-refractivity contribution is 5.08. The zero-order valence-corrected chi connectivity index (χ0v) is 27.6. The smallest absolute Gasteiger partial charge is 0.0262 e. The number of hydrogen-bond donors (Lipinski definition) is 0. The zero-order chi connectivity index (χ0) is 29.4. The van der Waals surface area contributed by atoms with Crippen LogP contribution in [0.3, 0.4) is 0 Å².